The summed E-state index contributed by atoms with van der Waals surface area (Å²) < 4.78 is 111. The molecule has 128 valence electrons. The summed E-state index contributed by atoms with van der Waals surface area (Å²) >= 11 is 0.0126. The molecular formula is C9H8F7NO3S2. The summed E-state index contributed by atoms with van der Waals surface area (Å²) in [6.45, 7) is -1.75. The topological polar surface area (TPSA) is 66.4 Å². The van der Waals surface area contributed by atoms with Gasteiger partial charge in [-0.2, -0.15) is 30.7 Å². The molecule has 1 heterocycles. The van der Waals surface area contributed by atoms with Crippen LogP contribution < -0.4 is 4.72 Å². The second kappa shape index (κ2) is 6.29. The van der Waals surface area contributed by atoms with E-state index in [1.165, 1.54) is 0 Å². The summed E-state index contributed by atoms with van der Waals surface area (Å²) in [5.74, 6) is -4.11. The highest BCUT2D eigenvalue weighted by Crippen LogP contribution is 2.41. The highest BCUT2D eigenvalue weighted by atomic mass is 32.2. The van der Waals surface area contributed by atoms with E-state index < -0.39 is 50.3 Å². The molecule has 0 saturated heterocycles. The molecular weight excluding hydrogens is 367 g/mol. The van der Waals surface area contributed by atoms with Crippen LogP contribution >= 0.6 is 11.3 Å². The van der Waals surface area contributed by atoms with Crippen molar-refractivity contribution in [3.8, 4) is 0 Å². The smallest absolute Gasteiger partial charge is 0.395 e. The SMILES string of the molecule is O=S(=O)(NC(CO)C(C(F)(F)F)C(F)(F)F)c1ccc(F)s1. The van der Waals surface area contributed by atoms with Crippen molar-refractivity contribution in [1.29, 1.82) is 0 Å². The molecule has 0 aliphatic heterocycles. The molecule has 1 aromatic heterocycles. The van der Waals surface area contributed by atoms with E-state index in [0.29, 0.717) is 12.1 Å². The second-order valence-electron chi connectivity index (χ2n) is 4.03. The first kappa shape index (κ1) is 19.1. The minimum Gasteiger partial charge on any atom is -0.395 e. The van der Waals surface area contributed by atoms with Crippen molar-refractivity contribution in [2.45, 2.75) is 22.6 Å². The summed E-state index contributed by atoms with van der Waals surface area (Å²) in [4.78, 5) is 0. The number of thiophene rings is 1. The fraction of sp³-hybridized carbons (Fsp3) is 0.556. The van der Waals surface area contributed by atoms with Gasteiger partial charge in [-0.25, -0.2) is 13.1 Å². The fourth-order valence-electron chi connectivity index (χ4n) is 1.55. The third-order valence-corrected chi connectivity index (χ3v) is 5.28. The Morgan fingerprint density at radius 2 is 1.64 bits per heavy atom. The van der Waals surface area contributed by atoms with E-state index in [1.807, 2.05) is 0 Å². The highest BCUT2D eigenvalue weighted by molar-refractivity contribution is 7.91. The van der Waals surface area contributed by atoms with Gasteiger partial charge in [-0.3, -0.25) is 0 Å². The van der Waals surface area contributed by atoms with Crippen LogP contribution in [0, 0.1) is 11.0 Å². The van der Waals surface area contributed by atoms with Crippen molar-refractivity contribution in [1.82, 2.24) is 4.72 Å². The first-order chi connectivity index (χ1) is 9.79. The maximum absolute atomic E-state index is 12.7. The standard InChI is InChI=1S/C9H8F7NO3S2/c10-5-1-2-6(21-5)22(19,20)17-4(3-18)7(8(11,12)13)9(14,15)16/h1-2,4,7,17-18H,3H2. The number of hydrogen-bond donors (Lipinski definition) is 2. The van der Waals surface area contributed by atoms with Gasteiger partial charge < -0.3 is 5.11 Å². The third-order valence-electron chi connectivity index (χ3n) is 2.42. The molecule has 22 heavy (non-hydrogen) atoms. The summed E-state index contributed by atoms with van der Waals surface area (Å²) in [6.07, 6.45) is -11.7. The van der Waals surface area contributed by atoms with E-state index in [9.17, 15) is 39.2 Å². The van der Waals surface area contributed by atoms with Gasteiger partial charge in [-0.1, -0.05) is 11.3 Å². The van der Waals surface area contributed by atoms with Gasteiger partial charge in [-0.15, -0.1) is 0 Å². The van der Waals surface area contributed by atoms with E-state index in [4.69, 9.17) is 5.11 Å². The van der Waals surface area contributed by atoms with Crippen molar-refractivity contribution in [3.63, 3.8) is 0 Å². The van der Waals surface area contributed by atoms with Gasteiger partial charge in [0.15, 0.2) is 11.0 Å². The minimum absolute atomic E-state index is 0.0126. The lowest BCUT2D eigenvalue weighted by molar-refractivity contribution is -0.292. The molecule has 1 aromatic rings. The Labute approximate surface area is 123 Å². The molecule has 1 unspecified atom stereocenters. The van der Waals surface area contributed by atoms with E-state index in [2.05, 4.69) is 0 Å². The number of alkyl halides is 6. The van der Waals surface area contributed by atoms with E-state index in [-0.39, 0.29) is 11.3 Å². The number of rotatable bonds is 5. The Bertz CT molecular complexity index is 593. The van der Waals surface area contributed by atoms with Crippen molar-refractivity contribution in [2.24, 2.45) is 5.92 Å². The zero-order valence-electron chi connectivity index (χ0n) is 10.2. The normalized spacial score (nSPS) is 15.3. The van der Waals surface area contributed by atoms with Crippen LogP contribution in [0.15, 0.2) is 16.3 Å². The third kappa shape index (κ3) is 4.54. The Hall–Kier alpha value is -0.920. The fourth-order valence-corrected chi connectivity index (χ4v) is 3.81. The number of hydrogen-bond acceptors (Lipinski definition) is 4. The van der Waals surface area contributed by atoms with Crippen LogP contribution in [0.25, 0.3) is 0 Å². The van der Waals surface area contributed by atoms with Gasteiger partial charge in [0.2, 0.25) is 10.0 Å². The predicted molar refractivity (Wildman–Crippen MR) is 61.1 cm³/mol. The maximum atomic E-state index is 12.7. The van der Waals surface area contributed by atoms with Gasteiger partial charge in [0.05, 0.1) is 12.6 Å². The first-order valence-corrected chi connectivity index (χ1v) is 7.61. The van der Waals surface area contributed by atoms with Gasteiger partial charge in [-0.05, 0) is 12.1 Å². The van der Waals surface area contributed by atoms with Crippen LogP contribution in [0.3, 0.4) is 0 Å². The molecule has 1 rings (SSSR count). The van der Waals surface area contributed by atoms with Crippen LogP contribution in [-0.2, 0) is 10.0 Å². The Kier molecular flexibility index (Phi) is 5.47. The molecule has 2 N–H and O–H groups in total. The minimum atomic E-state index is -5.84. The quantitative estimate of drug-likeness (QED) is 0.776. The van der Waals surface area contributed by atoms with Crippen LogP contribution in [0.2, 0.25) is 0 Å². The summed E-state index contributed by atoms with van der Waals surface area (Å²) in [5.41, 5.74) is 0. The number of sulfonamides is 1. The molecule has 0 fully saturated rings. The molecule has 4 nitrogen and oxygen atoms in total. The van der Waals surface area contributed by atoms with Crippen molar-refractivity contribution >= 4 is 21.4 Å². The lowest BCUT2D eigenvalue weighted by atomic mass is 10.00. The van der Waals surface area contributed by atoms with Crippen molar-refractivity contribution in [2.75, 3.05) is 6.61 Å². The molecule has 0 aromatic carbocycles. The Morgan fingerprint density at radius 1 is 1.14 bits per heavy atom. The molecule has 0 radical (unpaired) electrons. The van der Waals surface area contributed by atoms with Crippen LogP contribution in [0.4, 0.5) is 30.7 Å². The van der Waals surface area contributed by atoms with E-state index >= 15 is 0 Å². The van der Waals surface area contributed by atoms with Gasteiger partial charge in [0, 0.05) is 0 Å². The molecule has 0 bridgehead atoms. The zero-order valence-corrected chi connectivity index (χ0v) is 11.9. The van der Waals surface area contributed by atoms with Gasteiger partial charge >= 0.3 is 12.4 Å². The lowest BCUT2D eigenvalue weighted by Crippen LogP contribution is -2.54. The average Bonchev–Trinajstić information content (AvgIpc) is 2.71. The molecule has 1 atom stereocenters. The number of halogens is 7. The molecule has 0 saturated carbocycles. The Balaban J connectivity index is 3.15. The van der Waals surface area contributed by atoms with Crippen LogP contribution in [0.1, 0.15) is 0 Å². The van der Waals surface area contributed by atoms with Gasteiger partial charge in [0.25, 0.3) is 0 Å². The highest BCUT2D eigenvalue weighted by Gasteiger charge is 2.60. The van der Waals surface area contributed by atoms with Crippen LogP contribution in [-0.4, -0.2) is 38.5 Å². The molecule has 0 aliphatic carbocycles. The summed E-state index contributed by atoms with van der Waals surface area (Å²) in [7, 11) is -4.85. The number of aliphatic hydroxyl groups is 1. The summed E-state index contributed by atoms with van der Waals surface area (Å²) in [5, 5.41) is 7.74. The first-order valence-electron chi connectivity index (χ1n) is 5.31. The Morgan fingerprint density at radius 3 is 1.95 bits per heavy atom. The van der Waals surface area contributed by atoms with Crippen molar-refractivity contribution in [3.05, 3.63) is 17.3 Å². The number of aliphatic hydroxyl groups excluding tert-OH is 1. The molecule has 0 amide bonds. The second-order valence-corrected chi connectivity index (χ2v) is 7.00. The van der Waals surface area contributed by atoms with E-state index in [1.54, 1.807) is 0 Å². The number of nitrogens with one attached hydrogen (secondary N) is 1. The van der Waals surface area contributed by atoms with Gasteiger partial charge in [0.1, 0.15) is 4.21 Å². The van der Waals surface area contributed by atoms with Crippen LogP contribution in [0.5, 0.6) is 0 Å². The maximum Gasteiger partial charge on any atom is 0.402 e. The van der Waals surface area contributed by atoms with Crippen molar-refractivity contribution < 1.29 is 44.3 Å². The average molecular weight is 375 g/mol. The largest absolute Gasteiger partial charge is 0.402 e. The predicted octanol–water partition coefficient (Wildman–Crippen LogP) is 2.27. The lowest BCUT2D eigenvalue weighted by Gasteiger charge is -2.29. The molecule has 0 spiro atoms. The monoisotopic (exact) mass is 375 g/mol. The van der Waals surface area contributed by atoms with E-state index in [0.717, 1.165) is 4.72 Å². The summed E-state index contributed by atoms with van der Waals surface area (Å²) in [6, 6.07) is -1.54. The molecule has 0 aliphatic rings. The zero-order chi connectivity index (χ0) is 17.3. The molecule has 13 heteroatoms.